The molecule has 1 fully saturated rings. The van der Waals surface area contributed by atoms with Crippen LogP contribution in [0.4, 0.5) is 24.8 Å². The third kappa shape index (κ3) is 5.13. The van der Waals surface area contributed by atoms with E-state index >= 15 is 0 Å². The molecule has 0 radical (unpaired) electrons. The van der Waals surface area contributed by atoms with Crippen molar-refractivity contribution in [1.82, 2.24) is 14.3 Å². The third-order valence-electron chi connectivity index (χ3n) is 5.58. The van der Waals surface area contributed by atoms with Gasteiger partial charge in [0.1, 0.15) is 11.6 Å². The van der Waals surface area contributed by atoms with Crippen molar-refractivity contribution in [2.45, 2.75) is 29.6 Å². The van der Waals surface area contributed by atoms with Crippen molar-refractivity contribution in [2.75, 3.05) is 24.1 Å². The normalized spacial score (nSPS) is 19.6. The molecule has 0 bridgehead atoms. The van der Waals surface area contributed by atoms with E-state index in [9.17, 15) is 26.7 Å². The van der Waals surface area contributed by atoms with Crippen LogP contribution in [0.15, 0.2) is 65.8 Å². The number of piperidine rings is 1. The summed E-state index contributed by atoms with van der Waals surface area (Å²) in [4.78, 5) is 7.85. The number of nitrogens with two attached hydrogens (primary N) is 1. The highest BCUT2D eigenvalue weighted by molar-refractivity contribution is 7.89. The second-order valence-electron chi connectivity index (χ2n) is 7.90. The average molecular weight is 494 g/mol. The number of rotatable bonds is 5. The highest BCUT2D eigenvalue weighted by Crippen LogP contribution is 2.30. The lowest BCUT2D eigenvalue weighted by molar-refractivity contribution is -0.137. The van der Waals surface area contributed by atoms with Crippen LogP contribution in [0.1, 0.15) is 12.0 Å². The number of nitrogens with zero attached hydrogens (tertiary/aromatic N) is 3. The van der Waals surface area contributed by atoms with Gasteiger partial charge in [-0.05, 0) is 48.4 Å². The van der Waals surface area contributed by atoms with Crippen molar-refractivity contribution < 1.29 is 26.7 Å². The molecule has 1 aromatic carbocycles. The summed E-state index contributed by atoms with van der Waals surface area (Å²) in [7, 11) is -3.85. The Hall–Kier alpha value is -3.22. The average Bonchev–Trinajstić information content (AvgIpc) is 2.81. The number of halogens is 3. The smallest absolute Gasteiger partial charge is 0.390 e. The van der Waals surface area contributed by atoms with Gasteiger partial charge in [0.25, 0.3) is 0 Å². The van der Waals surface area contributed by atoms with Gasteiger partial charge in [0.05, 0.1) is 22.6 Å². The molecule has 0 amide bonds. The fraction of sp³-hybridized carbons (Fsp3) is 0.273. The molecule has 2 atom stereocenters. The molecule has 180 valence electrons. The maximum atomic E-state index is 13.1. The molecule has 8 nitrogen and oxygen atoms in total. The van der Waals surface area contributed by atoms with Crippen LogP contribution in [0, 0.1) is 0 Å². The molecule has 34 heavy (non-hydrogen) atoms. The van der Waals surface area contributed by atoms with Gasteiger partial charge in [-0.3, -0.25) is 0 Å². The maximum Gasteiger partial charge on any atom is 0.417 e. The number of hydrogen-bond donors (Lipinski definition) is 3. The maximum absolute atomic E-state index is 13.1. The molecule has 3 heterocycles. The number of sulfonamides is 1. The van der Waals surface area contributed by atoms with Crippen LogP contribution in [0.25, 0.3) is 11.1 Å². The molecule has 3 aromatic rings. The Morgan fingerprint density at radius 1 is 1.00 bits per heavy atom. The van der Waals surface area contributed by atoms with E-state index in [1.807, 2.05) is 0 Å². The third-order valence-corrected chi connectivity index (χ3v) is 7.46. The molecule has 1 aliphatic heterocycles. The molecule has 0 saturated carbocycles. The second-order valence-corrected chi connectivity index (χ2v) is 9.83. The molecular weight excluding hydrogens is 471 g/mol. The number of aliphatic hydroxyl groups excluding tert-OH is 1. The van der Waals surface area contributed by atoms with Gasteiger partial charge in [0.15, 0.2) is 0 Å². The van der Waals surface area contributed by atoms with Crippen LogP contribution in [0.3, 0.4) is 0 Å². The van der Waals surface area contributed by atoms with Crippen LogP contribution < -0.4 is 11.1 Å². The SMILES string of the molecule is Nc1ccc(-c2ccc(S(=O)(=O)N3CC[C@@H](Nc4ccc(C(F)(F)F)cn4)[C@@H](O)C3)cc2)cn1. The lowest BCUT2D eigenvalue weighted by atomic mass is 10.0. The minimum atomic E-state index is -4.49. The Labute approximate surface area is 194 Å². The topological polar surface area (TPSA) is 121 Å². The number of alkyl halides is 3. The van der Waals surface area contributed by atoms with Crippen molar-refractivity contribution in [3.8, 4) is 11.1 Å². The van der Waals surface area contributed by atoms with E-state index in [2.05, 4.69) is 15.3 Å². The molecule has 0 aliphatic carbocycles. The van der Waals surface area contributed by atoms with E-state index in [0.29, 0.717) is 12.0 Å². The zero-order valence-corrected chi connectivity index (χ0v) is 18.6. The first-order valence-electron chi connectivity index (χ1n) is 10.3. The van der Waals surface area contributed by atoms with Crippen molar-refractivity contribution in [3.05, 3.63) is 66.5 Å². The van der Waals surface area contributed by atoms with Crippen LogP contribution in [0.2, 0.25) is 0 Å². The first-order valence-corrected chi connectivity index (χ1v) is 11.8. The van der Waals surface area contributed by atoms with Gasteiger partial charge < -0.3 is 16.2 Å². The monoisotopic (exact) mass is 493 g/mol. The zero-order valence-electron chi connectivity index (χ0n) is 17.8. The Morgan fingerprint density at radius 3 is 2.26 bits per heavy atom. The largest absolute Gasteiger partial charge is 0.417 e. The number of nitrogen functional groups attached to an aromatic ring is 1. The van der Waals surface area contributed by atoms with Gasteiger partial charge in [0.2, 0.25) is 10.0 Å². The van der Waals surface area contributed by atoms with E-state index in [1.165, 1.54) is 22.5 Å². The van der Waals surface area contributed by atoms with Crippen molar-refractivity contribution in [3.63, 3.8) is 0 Å². The first-order chi connectivity index (χ1) is 16.0. The lowest BCUT2D eigenvalue weighted by Gasteiger charge is -2.35. The number of aliphatic hydroxyl groups is 1. The van der Waals surface area contributed by atoms with Crippen molar-refractivity contribution in [1.29, 1.82) is 0 Å². The number of hydrogen-bond acceptors (Lipinski definition) is 7. The summed E-state index contributed by atoms with van der Waals surface area (Å²) in [6.07, 6.45) is -3.02. The molecule has 0 unspecified atom stereocenters. The fourth-order valence-corrected chi connectivity index (χ4v) is 5.14. The highest BCUT2D eigenvalue weighted by Gasteiger charge is 2.35. The van der Waals surface area contributed by atoms with Crippen LogP contribution in [0.5, 0.6) is 0 Å². The number of anilines is 2. The van der Waals surface area contributed by atoms with Gasteiger partial charge in [0, 0.05) is 31.0 Å². The van der Waals surface area contributed by atoms with Crippen LogP contribution in [-0.2, 0) is 16.2 Å². The summed E-state index contributed by atoms with van der Waals surface area (Å²) >= 11 is 0. The van der Waals surface area contributed by atoms with E-state index in [4.69, 9.17) is 5.73 Å². The number of aromatic nitrogens is 2. The highest BCUT2D eigenvalue weighted by atomic mass is 32.2. The van der Waals surface area contributed by atoms with E-state index in [1.54, 1.807) is 30.5 Å². The van der Waals surface area contributed by atoms with Gasteiger partial charge in [-0.25, -0.2) is 18.4 Å². The fourth-order valence-electron chi connectivity index (χ4n) is 3.67. The molecule has 1 saturated heterocycles. The van der Waals surface area contributed by atoms with Crippen LogP contribution >= 0.6 is 0 Å². The van der Waals surface area contributed by atoms with Crippen LogP contribution in [-0.4, -0.2) is 53.0 Å². The molecule has 12 heteroatoms. The summed E-state index contributed by atoms with van der Waals surface area (Å²) in [5.74, 6) is 0.551. The quantitative estimate of drug-likeness (QED) is 0.500. The van der Waals surface area contributed by atoms with E-state index < -0.39 is 33.9 Å². The van der Waals surface area contributed by atoms with Gasteiger partial charge >= 0.3 is 6.18 Å². The predicted molar refractivity (Wildman–Crippen MR) is 120 cm³/mol. The predicted octanol–water partition coefficient (Wildman–Crippen LogP) is 2.98. The van der Waals surface area contributed by atoms with Crippen molar-refractivity contribution >= 4 is 21.7 Å². The minimum absolute atomic E-state index is 0.0858. The summed E-state index contributed by atoms with van der Waals surface area (Å²) in [5, 5.41) is 13.4. The molecular formula is C22H22F3N5O3S. The summed E-state index contributed by atoms with van der Waals surface area (Å²) in [5.41, 5.74) is 6.28. The van der Waals surface area contributed by atoms with Gasteiger partial charge in [-0.2, -0.15) is 17.5 Å². The van der Waals surface area contributed by atoms with Gasteiger partial charge in [-0.1, -0.05) is 12.1 Å². The second kappa shape index (κ2) is 9.20. The molecule has 1 aliphatic rings. The van der Waals surface area contributed by atoms with E-state index in [-0.39, 0.29) is 30.2 Å². The number of β-amino-alcohol motifs (C(OH)–C–C–N with tert-alkyl or cyclic N) is 1. The standard InChI is InChI=1S/C22H22F3N5O3S/c23-22(24,25)16-4-8-21(28-12-16)29-18-9-10-30(13-19(18)31)34(32,33)17-5-1-14(2-6-17)15-3-7-20(26)27-11-15/h1-8,11-12,18-19,31H,9-10,13H2,(H2,26,27)(H,28,29)/t18-,19+/m1/s1. The minimum Gasteiger partial charge on any atom is -0.390 e. The van der Waals surface area contributed by atoms with Crippen molar-refractivity contribution in [2.24, 2.45) is 0 Å². The Morgan fingerprint density at radius 2 is 1.71 bits per heavy atom. The Balaban J connectivity index is 1.41. The Bertz CT molecular complexity index is 1230. The first kappa shape index (κ1) is 23.9. The molecule has 4 rings (SSSR count). The van der Waals surface area contributed by atoms with E-state index in [0.717, 1.165) is 17.2 Å². The zero-order chi connectivity index (χ0) is 24.5. The molecule has 0 spiro atoms. The summed E-state index contributed by atoms with van der Waals surface area (Å²) in [6, 6.07) is 11.3. The molecule has 4 N–H and O–H groups in total. The number of pyridine rings is 2. The number of nitrogens with one attached hydrogen (secondary N) is 1. The lowest BCUT2D eigenvalue weighted by Crippen LogP contribution is -2.51. The number of benzene rings is 1. The van der Waals surface area contributed by atoms with Gasteiger partial charge in [-0.15, -0.1) is 0 Å². The summed E-state index contributed by atoms with van der Waals surface area (Å²) in [6.45, 7) is -0.0361. The summed E-state index contributed by atoms with van der Waals surface area (Å²) < 4.78 is 65.4. The molecule has 2 aromatic heterocycles. The Kier molecular flexibility index (Phi) is 6.47.